The quantitative estimate of drug-likeness (QED) is 0.922. The van der Waals surface area contributed by atoms with Crippen LogP contribution in [0.5, 0.6) is 5.75 Å². The topological polar surface area (TPSA) is 46.5 Å². The van der Waals surface area contributed by atoms with E-state index in [-0.39, 0.29) is 0 Å². The van der Waals surface area contributed by atoms with Gasteiger partial charge in [0.25, 0.3) is 0 Å². The molecule has 0 saturated carbocycles. The summed E-state index contributed by atoms with van der Waals surface area (Å²) < 4.78 is 5.11. The molecule has 1 aromatic heterocycles. The Balaban J connectivity index is 2.53. The molecule has 17 heavy (non-hydrogen) atoms. The van der Waals surface area contributed by atoms with Gasteiger partial charge in [-0.2, -0.15) is 0 Å². The molecule has 0 aliphatic heterocycles. The maximum atomic E-state index is 11.0. The zero-order valence-corrected chi connectivity index (χ0v) is 10.5. The van der Waals surface area contributed by atoms with Crippen LogP contribution in [0.2, 0.25) is 5.02 Å². The first kappa shape index (κ1) is 12.0. The summed E-state index contributed by atoms with van der Waals surface area (Å²) >= 11 is 7.12. The lowest BCUT2D eigenvalue weighted by molar-refractivity contribution is 0.0703. The molecular weight excluding hydrogens is 260 g/mol. The van der Waals surface area contributed by atoms with Gasteiger partial charge in [0.1, 0.15) is 10.6 Å². The minimum Gasteiger partial charge on any atom is -0.495 e. The van der Waals surface area contributed by atoms with E-state index in [1.54, 1.807) is 29.6 Å². The van der Waals surface area contributed by atoms with Crippen molar-refractivity contribution in [2.75, 3.05) is 7.11 Å². The Morgan fingerprint density at radius 3 is 2.82 bits per heavy atom. The summed E-state index contributed by atoms with van der Waals surface area (Å²) in [5.41, 5.74) is 1.46. The SMILES string of the molecule is COc1cc(-c2ccsc2C(=O)O)ccc1Cl. The Kier molecular flexibility index (Phi) is 3.36. The molecule has 0 aliphatic rings. The van der Waals surface area contributed by atoms with Gasteiger partial charge in [-0.15, -0.1) is 11.3 Å². The van der Waals surface area contributed by atoms with Crippen molar-refractivity contribution in [1.82, 2.24) is 0 Å². The predicted molar refractivity (Wildman–Crippen MR) is 68.3 cm³/mol. The van der Waals surface area contributed by atoms with Crippen LogP contribution in [0.3, 0.4) is 0 Å². The predicted octanol–water partition coefficient (Wildman–Crippen LogP) is 3.78. The molecule has 0 radical (unpaired) electrons. The minimum absolute atomic E-state index is 0.314. The number of carboxylic acid groups (broad SMARTS) is 1. The van der Waals surface area contributed by atoms with Crippen molar-refractivity contribution < 1.29 is 14.6 Å². The highest BCUT2D eigenvalue weighted by atomic mass is 35.5. The van der Waals surface area contributed by atoms with Gasteiger partial charge in [-0.1, -0.05) is 17.7 Å². The van der Waals surface area contributed by atoms with Crippen molar-refractivity contribution in [3.05, 3.63) is 39.5 Å². The molecular formula is C12H9ClO3S. The first-order chi connectivity index (χ1) is 8.13. The number of hydrogen-bond acceptors (Lipinski definition) is 3. The molecule has 3 nitrogen and oxygen atoms in total. The number of carbonyl (C=O) groups is 1. The second-order valence-corrected chi connectivity index (χ2v) is 4.64. The van der Waals surface area contributed by atoms with Crippen LogP contribution in [-0.4, -0.2) is 18.2 Å². The maximum absolute atomic E-state index is 11.0. The zero-order valence-electron chi connectivity index (χ0n) is 8.94. The summed E-state index contributed by atoms with van der Waals surface area (Å²) in [6.07, 6.45) is 0. The number of benzene rings is 1. The average molecular weight is 269 g/mol. The third kappa shape index (κ3) is 2.28. The summed E-state index contributed by atoms with van der Waals surface area (Å²) in [6, 6.07) is 6.98. The number of methoxy groups -OCH3 is 1. The van der Waals surface area contributed by atoms with Crippen molar-refractivity contribution in [1.29, 1.82) is 0 Å². The molecule has 88 valence electrons. The van der Waals surface area contributed by atoms with Crippen LogP contribution in [0, 0.1) is 0 Å². The van der Waals surface area contributed by atoms with Crippen molar-refractivity contribution >= 4 is 28.9 Å². The fourth-order valence-electron chi connectivity index (χ4n) is 1.53. The van der Waals surface area contributed by atoms with Crippen molar-refractivity contribution in [3.63, 3.8) is 0 Å². The molecule has 1 aromatic carbocycles. The van der Waals surface area contributed by atoms with E-state index in [2.05, 4.69) is 0 Å². The van der Waals surface area contributed by atoms with Crippen LogP contribution in [-0.2, 0) is 0 Å². The summed E-state index contributed by atoms with van der Waals surface area (Å²) in [4.78, 5) is 11.3. The van der Waals surface area contributed by atoms with Crippen LogP contribution < -0.4 is 4.74 Å². The molecule has 0 saturated heterocycles. The lowest BCUT2D eigenvalue weighted by Crippen LogP contribution is -1.94. The summed E-state index contributed by atoms with van der Waals surface area (Å²) in [5, 5.41) is 11.3. The Labute approximate surface area is 107 Å². The van der Waals surface area contributed by atoms with Gasteiger partial charge >= 0.3 is 5.97 Å². The molecule has 1 N–H and O–H groups in total. The maximum Gasteiger partial charge on any atom is 0.346 e. The number of rotatable bonds is 3. The van der Waals surface area contributed by atoms with E-state index in [9.17, 15) is 4.79 Å². The van der Waals surface area contributed by atoms with E-state index in [4.69, 9.17) is 21.4 Å². The molecule has 1 heterocycles. The van der Waals surface area contributed by atoms with E-state index in [0.717, 1.165) is 5.56 Å². The number of halogens is 1. The van der Waals surface area contributed by atoms with E-state index in [1.165, 1.54) is 18.4 Å². The third-order valence-corrected chi connectivity index (χ3v) is 3.54. The fraction of sp³-hybridized carbons (Fsp3) is 0.0833. The molecule has 0 unspecified atom stereocenters. The number of carboxylic acids is 1. The van der Waals surface area contributed by atoms with Gasteiger partial charge in [0.2, 0.25) is 0 Å². The third-order valence-electron chi connectivity index (χ3n) is 2.32. The molecule has 0 spiro atoms. The molecule has 0 aliphatic carbocycles. The minimum atomic E-state index is -0.927. The molecule has 0 atom stereocenters. The molecule has 2 rings (SSSR count). The first-order valence-electron chi connectivity index (χ1n) is 4.78. The van der Waals surface area contributed by atoms with Gasteiger partial charge in [-0.25, -0.2) is 4.79 Å². The lowest BCUT2D eigenvalue weighted by atomic mass is 10.1. The van der Waals surface area contributed by atoms with Crippen LogP contribution in [0.4, 0.5) is 0 Å². The van der Waals surface area contributed by atoms with Crippen LogP contribution in [0.15, 0.2) is 29.6 Å². The number of hydrogen-bond donors (Lipinski definition) is 1. The van der Waals surface area contributed by atoms with Gasteiger partial charge in [-0.05, 0) is 29.1 Å². The summed E-state index contributed by atoms with van der Waals surface area (Å²) in [5.74, 6) is -0.393. The standard InChI is InChI=1S/C12H9ClO3S/c1-16-10-6-7(2-3-9(10)13)8-4-5-17-11(8)12(14)15/h2-6H,1H3,(H,14,15). The van der Waals surface area contributed by atoms with Crippen molar-refractivity contribution in [2.24, 2.45) is 0 Å². The van der Waals surface area contributed by atoms with Gasteiger partial charge in [0.15, 0.2) is 0 Å². The van der Waals surface area contributed by atoms with E-state index >= 15 is 0 Å². The molecule has 5 heteroatoms. The first-order valence-corrected chi connectivity index (χ1v) is 6.04. The second kappa shape index (κ2) is 4.77. The van der Waals surface area contributed by atoms with Gasteiger partial charge in [-0.3, -0.25) is 0 Å². The largest absolute Gasteiger partial charge is 0.495 e. The van der Waals surface area contributed by atoms with Crippen molar-refractivity contribution in [3.8, 4) is 16.9 Å². The second-order valence-electron chi connectivity index (χ2n) is 3.32. The number of thiophene rings is 1. The Hall–Kier alpha value is -1.52. The molecule has 2 aromatic rings. The van der Waals surface area contributed by atoms with Crippen LogP contribution >= 0.6 is 22.9 Å². The molecule has 0 fully saturated rings. The smallest absolute Gasteiger partial charge is 0.346 e. The molecule has 0 amide bonds. The Morgan fingerprint density at radius 1 is 1.41 bits per heavy atom. The van der Waals surface area contributed by atoms with E-state index in [0.29, 0.717) is 21.2 Å². The van der Waals surface area contributed by atoms with E-state index in [1.807, 2.05) is 0 Å². The normalized spacial score (nSPS) is 10.2. The Morgan fingerprint density at radius 2 is 2.18 bits per heavy atom. The summed E-state index contributed by atoms with van der Waals surface area (Å²) in [7, 11) is 1.52. The summed E-state index contributed by atoms with van der Waals surface area (Å²) in [6.45, 7) is 0. The zero-order chi connectivity index (χ0) is 12.4. The lowest BCUT2D eigenvalue weighted by Gasteiger charge is -2.06. The Bertz CT molecular complexity index is 563. The molecule has 0 bridgehead atoms. The number of ether oxygens (including phenoxy) is 1. The van der Waals surface area contributed by atoms with E-state index < -0.39 is 5.97 Å². The van der Waals surface area contributed by atoms with Crippen molar-refractivity contribution in [2.45, 2.75) is 0 Å². The highest BCUT2D eigenvalue weighted by Gasteiger charge is 2.14. The number of aromatic carboxylic acids is 1. The highest BCUT2D eigenvalue weighted by molar-refractivity contribution is 7.12. The monoisotopic (exact) mass is 268 g/mol. The van der Waals surface area contributed by atoms with Gasteiger partial charge in [0, 0.05) is 5.56 Å². The highest BCUT2D eigenvalue weighted by Crippen LogP contribution is 2.33. The van der Waals surface area contributed by atoms with Crippen LogP contribution in [0.25, 0.3) is 11.1 Å². The van der Waals surface area contributed by atoms with Gasteiger partial charge < -0.3 is 9.84 Å². The fourth-order valence-corrected chi connectivity index (χ4v) is 2.48. The van der Waals surface area contributed by atoms with Gasteiger partial charge in [0.05, 0.1) is 12.1 Å². The average Bonchev–Trinajstić information content (AvgIpc) is 2.78. The van der Waals surface area contributed by atoms with Crippen LogP contribution in [0.1, 0.15) is 9.67 Å².